The summed E-state index contributed by atoms with van der Waals surface area (Å²) in [6.07, 6.45) is 10.4. The smallest absolute Gasteiger partial charge is 0.161 e. The molecule has 9 nitrogen and oxygen atoms in total. The van der Waals surface area contributed by atoms with E-state index in [0.717, 1.165) is 42.7 Å². The van der Waals surface area contributed by atoms with Crippen LogP contribution in [0.4, 0.5) is 10.1 Å². The second-order valence-corrected chi connectivity index (χ2v) is 9.26. The Hall–Kier alpha value is -3.92. The van der Waals surface area contributed by atoms with E-state index in [4.69, 9.17) is 4.98 Å². The molecule has 1 saturated heterocycles. The van der Waals surface area contributed by atoms with Crippen molar-refractivity contribution in [3.63, 3.8) is 0 Å². The second-order valence-electron chi connectivity index (χ2n) is 9.26. The molecule has 1 aliphatic rings. The van der Waals surface area contributed by atoms with Crippen LogP contribution in [0.3, 0.4) is 0 Å². The van der Waals surface area contributed by atoms with E-state index < -0.39 is 5.82 Å². The molecule has 0 amide bonds. The Morgan fingerprint density at radius 2 is 1.91 bits per heavy atom. The number of imidazole rings is 1. The summed E-state index contributed by atoms with van der Waals surface area (Å²) in [5, 5.41) is 7.63. The molecule has 5 aromatic rings. The Bertz CT molecular complexity index is 1510. The van der Waals surface area contributed by atoms with Crippen LogP contribution in [0.5, 0.6) is 0 Å². The lowest BCUT2D eigenvalue weighted by molar-refractivity contribution is 0.402. The molecule has 10 heteroatoms. The SMILES string of the molecule is CN(C)Cc1cncc(-c2ncc3[nH]nc(-c4nc5c(N6CCCCC6)ccnc5[nH]4)c3c2F)c1. The van der Waals surface area contributed by atoms with E-state index in [9.17, 15) is 0 Å². The number of anilines is 1. The number of hydrogen-bond donors (Lipinski definition) is 2. The summed E-state index contributed by atoms with van der Waals surface area (Å²) in [4.78, 5) is 25.6. The standard InChI is InChI=1S/C25H26FN9/c1-34(2)14-15-10-16(12-27-11-15)21-20(26)19-17(13-29-21)32-33-23(19)25-30-22-18(6-7-28-24(22)31-25)35-8-4-3-5-9-35/h6-7,10-13H,3-5,8-9,14H2,1-2H3,(H,32,33)(H,28,30,31). The van der Waals surface area contributed by atoms with Gasteiger partial charge in [-0.05, 0) is 51.1 Å². The van der Waals surface area contributed by atoms with Crippen LogP contribution in [-0.2, 0) is 6.54 Å². The predicted octanol–water partition coefficient (Wildman–Crippen LogP) is 4.15. The number of nitrogens with one attached hydrogen (secondary N) is 2. The molecule has 178 valence electrons. The molecule has 6 rings (SSSR count). The van der Waals surface area contributed by atoms with Crippen molar-refractivity contribution in [1.29, 1.82) is 0 Å². The summed E-state index contributed by atoms with van der Waals surface area (Å²) >= 11 is 0. The van der Waals surface area contributed by atoms with E-state index in [1.165, 1.54) is 6.42 Å². The first-order valence-electron chi connectivity index (χ1n) is 11.8. The van der Waals surface area contributed by atoms with Crippen LogP contribution in [0, 0.1) is 5.82 Å². The zero-order valence-electron chi connectivity index (χ0n) is 19.7. The van der Waals surface area contributed by atoms with Gasteiger partial charge in [0, 0.05) is 43.8 Å². The average molecular weight is 472 g/mol. The van der Waals surface area contributed by atoms with Gasteiger partial charge in [-0.3, -0.25) is 15.1 Å². The van der Waals surface area contributed by atoms with E-state index in [0.29, 0.717) is 40.2 Å². The van der Waals surface area contributed by atoms with Crippen LogP contribution in [0.2, 0.25) is 0 Å². The largest absolute Gasteiger partial charge is 0.370 e. The van der Waals surface area contributed by atoms with Crippen molar-refractivity contribution in [3.05, 3.63) is 48.3 Å². The summed E-state index contributed by atoms with van der Waals surface area (Å²) in [6, 6.07) is 3.91. The molecule has 0 bridgehead atoms. The molecule has 6 heterocycles. The fourth-order valence-corrected chi connectivity index (χ4v) is 4.82. The fraction of sp³-hybridized carbons (Fsp3) is 0.320. The molecule has 0 unspecified atom stereocenters. The highest BCUT2D eigenvalue weighted by Crippen LogP contribution is 2.34. The van der Waals surface area contributed by atoms with E-state index >= 15 is 4.39 Å². The lowest BCUT2D eigenvalue weighted by Crippen LogP contribution is -2.29. The topological polar surface area (TPSA) is 103 Å². The van der Waals surface area contributed by atoms with Gasteiger partial charge in [0.25, 0.3) is 0 Å². The van der Waals surface area contributed by atoms with Gasteiger partial charge in [0.1, 0.15) is 16.9 Å². The van der Waals surface area contributed by atoms with Crippen LogP contribution >= 0.6 is 0 Å². The maximum absolute atomic E-state index is 15.9. The first kappa shape index (κ1) is 21.6. The van der Waals surface area contributed by atoms with Crippen molar-refractivity contribution in [3.8, 4) is 22.8 Å². The Kier molecular flexibility index (Phi) is 5.37. The molecule has 5 aromatic heterocycles. The molecule has 2 N–H and O–H groups in total. The van der Waals surface area contributed by atoms with E-state index in [2.05, 4.69) is 35.0 Å². The molecule has 0 saturated carbocycles. The van der Waals surface area contributed by atoms with E-state index in [1.54, 1.807) is 24.8 Å². The number of aromatic nitrogens is 7. The van der Waals surface area contributed by atoms with Gasteiger partial charge in [0.05, 0.1) is 22.8 Å². The van der Waals surface area contributed by atoms with Gasteiger partial charge in [-0.25, -0.2) is 14.4 Å². The molecule has 35 heavy (non-hydrogen) atoms. The van der Waals surface area contributed by atoms with Gasteiger partial charge in [0.2, 0.25) is 0 Å². The zero-order chi connectivity index (χ0) is 23.9. The van der Waals surface area contributed by atoms with Crippen molar-refractivity contribution in [1.82, 2.24) is 40.0 Å². The minimum absolute atomic E-state index is 0.233. The predicted molar refractivity (Wildman–Crippen MR) is 133 cm³/mol. The summed E-state index contributed by atoms with van der Waals surface area (Å²) in [5.74, 6) is 0.0125. The van der Waals surface area contributed by atoms with Gasteiger partial charge in [0.15, 0.2) is 17.3 Å². The number of pyridine rings is 3. The second kappa shape index (κ2) is 8.70. The molecule has 1 aliphatic heterocycles. The maximum Gasteiger partial charge on any atom is 0.161 e. The first-order valence-corrected chi connectivity index (χ1v) is 11.8. The number of nitrogens with zero attached hydrogens (tertiary/aromatic N) is 7. The summed E-state index contributed by atoms with van der Waals surface area (Å²) in [6.45, 7) is 2.70. The lowest BCUT2D eigenvalue weighted by Gasteiger charge is -2.28. The third-order valence-corrected chi connectivity index (χ3v) is 6.40. The molecule has 1 fully saturated rings. The normalized spacial score (nSPS) is 14.5. The highest BCUT2D eigenvalue weighted by molar-refractivity contribution is 5.96. The Labute approximate surface area is 201 Å². The number of piperidine rings is 1. The van der Waals surface area contributed by atoms with Gasteiger partial charge in [-0.15, -0.1) is 0 Å². The van der Waals surface area contributed by atoms with Crippen molar-refractivity contribution in [2.45, 2.75) is 25.8 Å². The first-order chi connectivity index (χ1) is 17.1. The van der Waals surface area contributed by atoms with Crippen LogP contribution in [0.25, 0.3) is 44.8 Å². The Balaban J connectivity index is 1.45. The van der Waals surface area contributed by atoms with Gasteiger partial charge >= 0.3 is 0 Å². The molecule has 0 atom stereocenters. The van der Waals surface area contributed by atoms with Crippen molar-refractivity contribution >= 4 is 27.8 Å². The Morgan fingerprint density at radius 1 is 1.06 bits per heavy atom. The van der Waals surface area contributed by atoms with Crippen molar-refractivity contribution in [2.24, 2.45) is 0 Å². The van der Waals surface area contributed by atoms with Crippen molar-refractivity contribution < 1.29 is 4.39 Å². The van der Waals surface area contributed by atoms with Crippen LogP contribution in [-0.4, -0.2) is 67.2 Å². The number of aromatic amines is 2. The number of hydrogen-bond acceptors (Lipinski definition) is 7. The third kappa shape index (κ3) is 3.89. The van der Waals surface area contributed by atoms with Gasteiger partial charge < -0.3 is 14.8 Å². The van der Waals surface area contributed by atoms with E-state index in [-0.39, 0.29) is 5.69 Å². The van der Waals surface area contributed by atoms with Gasteiger partial charge in [-0.1, -0.05) is 0 Å². The highest BCUT2D eigenvalue weighted by Gasteiger charge is 2.22. The summed E-state index contributed by atoms with van der Waals surface area (Å²) < 4.78 is 15.9. The molecule has 0 spiro atoms. The zero-order valence-corrected chi connectivity index (χ0v) is 19.7. The minimum Gasteiger partial charge on any atom is -0.370 e. The number of rotatable bonds is 5. The third-order valence-electron chi connectivity index (χ3n) is 6.40. The molecular formula is C25H26FN9. The quantitative estimate of drug-likeness (QED) is 0.397. The highest BCUT2D eigenvalue weighted by atomic mass is 19.1. The lowest BCUT2D eigenvalue weighted by atomic mass is 10.1. The molecule has 0 radical (unpaired) electrons. The molecule has 0 aliphatic carbocycles. The summed E-state index contributed by atoms with van der Waals surface area (Å²) in [7, 11) is 3.96. The van der Waals surface area contributed by atoms with Crippen LogP contribution in [0.15, 0.2) is 36.9 Å². The number of halogens is 1. The van der Waals surface area contributed by atoms with Crippen LogP contribution in [0.1, 0.15) is 24.8 Å². The van der Waals surface area contributed by atoms with Crippen molar-refractivity contribution in [2.75, 3.05) is 32.1 Å². The fourth-order valence-electron chi connectivity index (χ4n) is 4.82. The summed E-state index contributed by atoms with van der Waals surface area (Å²) in [5.41, 5.74) is 5.22. The average Bonchev–Trinajstić information content (AvgIpc) is 3.49. The molecule has 0 aromatic carbocycles. The number of fused-ring (bicyclic) bond motifs is 2. The molecular weight excluding hydrogens is 445 g/mol. The van der Waals surface area contributed by atoms with E-state index in [1.807, 2.05) is 31.1 Å². The van der Waals surface area contributed by atoms with Crippen LogP contribution < -0.4 is 4.90 Å². The number of H-pyrrole nitrogens is 2. The van der Waals surface area contributed by atoms with Gasteiger partial charge in [-0.2, -0.15) is 5.10 Å². The maximum atomic E-state index is 15.9. The minimum atomic E-state index is -0.459. The Morgan fingerprint density at radius 3 is 2.74 bits per heavy atom. The monoisotopic (exact) mass is 471 g/mol.